The van der Waals surface area contributed by atoms with E-state index in [0.29, 0.717) is 5.02 Å². The van der Waals surface area contributed by atoms with Gasteiger partial charge in [0.05, 0.1) is 5.02 Å². The Labute approximate surface area is 135 Å². The molecule has 114 valence electrons. The Morgan fingerprint density at radius 3 is 2.82 bits per heavy atom. The Balaban J connectivity index is 1.61. The number of nitrogens with one attached hydrogen (secondary N) is 1. The number of rotatable bonds is 3. The van der Waals surface area contributed by atoms with Crippen LogP contribution in [0.5, 0.6) is 0 Å². The smallest absolute Gasteiger partial charge is 0.138 e. The Morgan fingerprint density at radius 2 is 1.95 bits per heavy atom. The minimum atomic E-state index is 0.695. The first-order valence-electron chi connectivity index (χ1n) is 8.35. The Morgan fingerprint density at radius 1 is 1.09 bits per heavy atom. The van der Waals surface area contributed by atoms with Crippen molar-refractivity contribution in [1.29, 1.82) is 0 Å². The molecule has 2 nitrogen and oxygen atoms in total. The van der Waals surface area contributed by atoms with Gasteiger partial charge in [0, 0.05) is 22.5 Å². The number of aryl methyl sites for hydroxylation is 1. The summed E-state index contributed by atoms with van der Waals surface area (Å²) in [6.45, 7) is 0. The molecule has 1 saturated carbocycles. The zero-order chi connectivity index (χ0) is 14.9. The van der Waals surface area contributed by atoms with Crippen molar-refractivity contribution in [3.8, 4) is 0 Å². The van der Waals surface area contributed by atoms with Crippen LogP contribution in [0.15, 0.2) is 30.5 Å². The van der Waals surface area contributed by atoms with Crippen molar-refractivity contribution in [3.63, 3.8) is 0 Å². The number of nitrogens with zero attached hydrogens (tertiary/aromatic N) is 1. The summed E-state index contributed by atoms with van der Waals surface area (Å²) in [6.07, 6.45) is 11.3. The minimum Gasteiger partial charge on any atom is -0.339 e. The Hall–Kier alpha value is -1.54. The summed E-state index contributed by atoms with van der Waals surface area (Å²) in [5.41, 5.74) is 3.49. The molecule has 1 aliphatic rings. The highest BCUT2D eigenvalue weighted by atomic mass is 35.5. The fourth-order valence-corrected chi connectivity index (χ4v) is 3.96. The van der Waals surface area contributed by atoms with Crippen LogP contribution < -0.4 is 0 Å². The molecule has 3 heteroatoms. The first kappa shape index (κ1) is 14.1. The summed E-state index contributed by atoms with van der Waals surface area (Å²) in [4.78, 5) is 7.75. The molecule has 1 aliphatic carbocycles. The molecule has 22 heavy (non-hydrogen) atoms. The second kappa shape index (κ2) is 5.92. The third kappa shape index (κ3) is 2.72. The normalized spacial score (nSPS) is 16.6. The number of H-pyrrole nitrogens is 1. The van der Waals surface area contributed by atoms with Gasteiger partial charge in [-0.05, 0) is 42.5 Å². The first-order valence-corrected chi connectivity index (χ1v) is 8.73. The highest BCUT2D eigenvalue weighted by molar-refractivity contribution is 6.31. The molecular weight excluding hydrogens is 292 g/mol. The molecule has 2 heterocycles. The van der Waals surface area contributed by atoms with E-state index >= 15 is 0 Å². The van der Waals surface area contributed by atoms with Crippen LogP contribution in [-0.2, 0) is 6.42 Å². The SMILES string of the molecule is Clc1cnc2[nH]c3ccc(CCC4CCCCC4)cc3c2c1. The second-order valence-electron chi connectivity index (χ2n) is 6.60. The van der Waals surface area contributed by atoms with Crippen LogP contribution in [0.2, 0.25) is 5.02 Å². The fraction of sp³-hybridized carbons (Fsp3) is 0.421. The van der Waals surface area contributed by atoms with E-state index in [2.05, 4.69) is 28.2 Å². The van der Waals surface area contributed by atoms with Crippen molar-refractivity contribution >= 4 is 33.5 Å². The summed E-state index contributed by atoms with van der Waals surface area (Å²) < 4.78 is 0. The first-order chi connectivity index (χ1) is 10.8. The molecule has 1 N–H and O–H groups in total. The van der Waals surface area contributed by atoms with Crippen LogP contribution in [0, 0.1) is 5.92 Å². The second-order valence-corrected chi connectivity index (χ2v) is 7.03. The van der Waals surface area contributed by atoms with Gasteiger partial charge in [-0.3, -0.25) is 0 Å². The number of hydrogen-bond acceptors (Lipinski definition) is 1. The summed E-state index contributed by atoms with van der Waals surface area (Å²) in [5.74, 6) is 0.934. The highest BCUT2D eigenvalue weighted by Gasteiger charge is 2.13. The number of halogens is 1. The number of pyridine rings is 1. The predicted molar refractivity (Wildman–Crippen MR) is 93.5 cm³/mol. The molecule has 0 bridgehead atoms. The third-order valence-corrected chi connectivity index (χ3v) is 5.25. The average molecular weight is 313 g/mol. The molecule has 0 amide bonds. The number of aromatic amines is 1. The minimum absolute atomic E-state index is 0.695. The molecule has 4 rings (SSSR count). The zero-order valence-corrected chi connectivity index (χ0v) is 13.5. The highest BCUT2D eigenvalue weighted by Crippen LogP contribution is 2.30. The van der Waals surface area contributed by atoms with Gasteiger partial charge in [-0.15, -0.1) is 0 Å². The number of aromatic nitrogens is 2. The van der Waals surface area contributed by atoms with Crippen LogP contribution in [0.4, 0.5) is 0 Å². The molecule has 0 saturated heterocycles. The lowest BCUT2D eigenvalue weighted by Crippen LogP contribution is -2.07. The predicted octanol–water partition coefficient (Wildman–Crippen LogP) is 5.88. The molecule has 0 unspecified atom stereocenters. The van der Waals surface area contributed by atoms with Gasteiger partial charge >= 0.3 is 0 Å². The van der Waals surface area contributed by atoms with Crippen molar-refractivity contribution in [2.45, 2.75) is 44.9 Å². The van der Waals surface area contributed by atoms with Crippen LogP contribution in [-0.4, -0.2) is 9.97 Å². The monoisotopic (exact) mass is 312 g/mol. The van der Waals surface area contributed by atoms with Crippen molar-refractivity contribution in [2.24, 2.45) is 5.92 Å². The lowest BCUT2D eigenvalue weighted by Gasteiger charge is -2.21. The van der Waals surface area contributed by atoms with E-state index in [9.17, 15) is 0 Å². The van der Waals surface area contributed by atoms with E-state index in [-0.39, 0.29) is 0 Å². The van der Waals surface area contributed by atoms with Crippen molar-refractivity contribution in [3.05, 3.63) is 41.0 Å². The Bertz CT molecular complexity index is 800. The molecule has 0 radical (unpaired) electrons. The third-order valence-electron chi connectivity index (χ3n) is 5.05. The number of fused-ring (bicyclic) bond motifs is 3. The van der Waals surface area contributed by atoms with Crippen molar-refractivity contribution in [2.75, 3.05) is 0 Å². The maximum atomic E-state index is 6.10. The number of hydrogen-bond donors (Lipinski definition) is 1. The maximum absolute atomic E-state index is 6.10. The van der Waals surface area contributed by atoms with Crippen molar-refractivity contribution in [1.82, 2.24) is 9.97 Å². The number of benzene rings is 1. The maximum Gasteiger partial charge on any atom is 0.138 e. The van der Waals surface area contributed by atoms with Crippen LogP contribution >= 0.6 is 11.6 Å². The quantitative estimate of drug-likeness (QED) is 0.642. The standard InChI is InChI=1S/C19H21ClN2/c20-15-11-17-16-10-14(7-6-13-4-2-1-3-5-13)8-9-18(16)22-19(17)21-12-15/h8-13H,1-7H2,(H,21,22). The van der Waals surface area contributed by atoms with Crippen LogP contribution in [0.3, 0.4) is 0 Å². The lowest BCUT2D eigenvalue weighted by atomic mass is 9.85. The molecule has 2 aromatic heterocycles. The molecular formula is C19H21ClN2. The lowest BCUT2D eigenvalue weighted by molar-refractivity contribution is 0.339. The van der Waals surface area contributed by atoms with Gasteiger partial charge in [0.15, 0.2) is 0 Å². The van der Waals surface area contributed by atoms with Gasteiger partial charge in [-0.2, -0.15) is 0 Å². The molecule has 0 aliphatic heterocycles. The summed E-state index contributed by atoms with van der Waals surface area (Å²) in [6, 6.07) is 8.76. The summed E-state index contributed by atoms with van der Waals surface area (Å²) in [7, 11) is 0. The van der Waals surface area contributed by atoms with Crippen molar-refractivity contribution < 1.29 is 0 Å². The van der Waals surface area contributed by atoms with E-state index < -0.39 is 0 Å². The summed E-state index contributed by atoms with van der Waals surface area (Å²) >= 11 is 6.10. The molecule has 0 atom stereocenters. The van der Waals surface area contributed by atoms with Crippen LogP contribution in [0.1, 0.15) is 44.1 Å². The topological polar surface area (TPSA) is 28.7 Å². The van der Waals surface area contributed by atoms with Gasteiger partial charge in [0.1, 0.15) is 5.65 Å². The van der Waals surface area contributed by atoms with Gasteiger partial charge in [-0.25, -0.2) is 4.98 Å². The molecule has 0 spiro atoms. The van der Waals surface area contributed by atoms with E-state index in [1.807, 2.05) is 6.07 Å². The average Bonchev–Trinajstić information content (AvgIpc) is 2.91. The van der Waals surface area contributed by atoms with Crippen LogP contribution in [0.25, 0.3) is 21.9 Å². The van der Waals surface area contributed by atoms with Gasteiger partial charge in [0.2, 0.25) is 0 Å². The van der Waals surface area contributed by atoms with Gasteiger partial charge in [0.25, 0.3) is 0 Å². The van der Waals surface area contributed by atoms with Gasteiger partial charge < -0.3 is 4.98 Å². The van der Waals surface area contributed by atoms with E-state index in [4.69, 9.17) is 11.6 Å². The van der Waals surface area contributed by atoms with E-state index in [1.165, 1.54) is 55.9 Å². The molecule has 1 aromatic carbocycles. The Kier molecular flexibility index (Phi) is 3.79. The fourth-order valence-electron chi connectivity index (χ4n) is 3.80. The van der Waals surface area contributed by atoms with E-state index in [1.54, 1.807) is 6.20 Å². The molecule has 1 fully saturated rings. The molecule has 3 aromatic rings. The van der Waals surface area contributed by atoms with Gasteiger partial charge in [-0.1, -0.05) is 49.8 Å². The zero-order valence-electron chi connectivity index (χ0n) is 12.7. The summed E-state index contributed by atoms with van der Waals surface area (Å²) in [5, 5.41) is 3.06. The van der Waals surface area contributed by atoms with E-state index in [0.717, 1.165) is 22.5 Å². The largest absolute Gasteiger partial charge is 0.339 e.